The van der Waals surface area contributed by atoms with E-state index in [2.05, 4.69) is 15.5 Å². The summed E-state index contributed by atoms with van der Waals surface area (Å²) in [6.45, 7) is 0.224. The third-order valence-electron chi connectivity index (χ3n) is 3.91. The molecule has 0 aliphatic rings. The molecule has 3 aromatic rings. The van der Waals surface area contributed by atoms with Crippen molar-refractivity contribution < 1.29 is 19.0 Å². The Bertz CT molecular complexity index is 1020. The van der Waals surface area contributed by atoms with Crippen LogP contribution in [0.2, 0.25) is 0 Å². The first-order chi connectivity index (χ1) is 14.1. The summed E-state index contributed by atoms with van der Waals surface area (Å²) in [6.07, 6.45) is 2.42. The van der Waals surface area contributed by atoms with Crippen molar-refractivity contribution in [1.82, 2.24) is 4.98 Å². The molecule has 0 aliphatic carbocycles. The maximum Gasteiger partial charge on any atom is 0.205 e. The van der Waals surface area contributed by atoms with Gasteiger partial charge in [-0.25, -0.2) is 4.98 Å². The Kier molecular flexibility index (Phi) is 6.64. The predicted octanol–water partition coefficient (Wildman–Crippen LogP) is 3.58. The number of nitrogen functional groups attached to an aromatic ring is 1. The summed E-state index contributed by atoms with van der Waals surface area (Å²) in [5.74, 6) is 2.21. The maximum atomic E-state index is 11.0. The van der Waals surface area contributed by atoms with Crippen LogP contribution < -0.4 is 25.4 Å². The molecule has 8 nitrogen and oxygen atoms in total. The molecule has 0 radical (unpaired) electrons. The largest absolute Gasteiger partial charge is 0.496 e. The summed E-state index contributed by atoms with van der Waals surface area (Å²) >= 11 is 1.37. The fourth-order valence-electron chi connectivity index (χ4n) is 2.52. The molecule has 3 N–H and O–H groups in total. The van der Waals surface area contributed by atoms with Crippen molar-refractivity contribution in [2.75, 3.05) is 25.4 Å². The average Bonchev–Trinajstić information content (AvgIpc) is 3.17. The molecule has 0 amide bonds. The molecule has 0 saturated heterocycles. The van der Waals surface area contributed by atoms with Gasteiger partial charge in [-0.05, 0) is 42.0 Å². The Morgan fingerprint density at radius 2 is 1.86 bits per heavy atom. The van der Waals surface area contributed by atoms with Crippen molar-refractivity contribution in [3.8, 4) is 17.2 Å². The summed E-state index contributed by atoms with van der Waals surface area (Å²) in [5.41, 5.74) is 10.5. The number of carbonyl (C=O) groups is 1. The molecule has 29 heavy (non-hydrogen) atoms. The van der Waals surface area contributed by atoms with E-state index in [1.54, 1.807) is 56.1 Å². The monoisotopic (exact) mass is 412 g/mol. The van der Waals surface area contributed by atoms with E-state index in [9.17, 15) is 4.79 Å². The van der Waals surface area contributed by atoms with Gasteiger partial charge in [0.25, 0.3) is 0 Å². The van der Waals surface area contributed by atoms with Gasteiger partial charge in [-0.3, -0.25) is 10.2 Å². The quantitative estimate of drug-likeness (QED) is 0.314. The highest BCUT2D eigenvalue weighted by Crippen LogP contribution is 2.30. The molecule has 0 bridgehead atoms. The molecular formula is C20H20N4O4S. The molecule has 1 heterocycles. The fourth-order valence-corrected chi connectivity index (χ4v) is 3.07. The maximum absolute atomic E-state index is 11.0. The summed E-state index contributed by atoms with van der Waals surface area (Å²) in [7, 11) is 3.13. The van der Waals surface area contributed by atoms with Gasteiger partial charge in [0.1, 0.15) is 24.5 Å². The smallest absolute Gasteiger partial charge is 0.205 e. The van der Waals surface area contributed by atoms with E-state index >= 15 is 0 Å². The first-order valence-electron chi connectivity index (χ1n) is 8.56. The molecule has 150 valence electrons. The lowest BCUT2D eigenvalue weighted by atomic mass is 10.1. The van der Waals surface area contributed by atoms with E-state index in [0.717, 1.165) is 17.4 Å². The average molecular weight is 412 g/mol. The normalized spacial score (nSPS) is 10.7. The minimum Gasteiger partial charge on any atom is -0.496 e. The second-order valence-corrected chi connectivity index (χ2v) is 6.69. The van der Waals surface area contributed by atoms with Crippen LogP contribution in [0, 0.1) is 0 Å². The highest BCUT2D eigenvalue weighted by molar-refractivity contribution is 7.14. The van der Waals surface area contributed by atoms with Crippen LogP contribution in [0.25, 0.3) is 0 Å². The third-order valence-corrected chi connectivity index (χ3v) is 4.67. The molecule has 0 unspecified atom stereocenters. The lowest BCUT2D eigenvalue weighted by Crippen LogP contribution is -2.01. The van der Waals surface area contributed by atoms with Crippen LogP contribution >= 0.6 is 11.3 Å². The molecule has 3 rings (SSSR count). The number of aromatic nitrogens is 1. The number of nitrogens with zero attached hydrogens (tertiary/aromatic N) is 2. The molecule has 0 spiro atoms. The van der Waals surface area contributed by atoms with Crippen LogP contribution in [-0.2, 0) is 6.61 Å². The topological polar surface area (TPSA) is 108 Å². The van der Waals surface area contributed by atoms with Gasteiger partial charge in [-0.15, -0.1) is 11.3 Å². The Balaban J connectivity index is 1.70. The number of aldehydes is 1. The van der Waals surface area contributed by atoms with Gasteiger partial charge >= 0.3 is 0 Å². The minimum absolute atomic E-state index is 0.224. The van der Waals surface area contributed by atoms with Crippen molar-refractivity contribution in [3.05, 3.63) is 58.5 Å². The van der Waals surface area contributed by atoms with Crippen LogP contribution in [-0.4, -0.2) is 31.7 Å². The first kappa shape index (κ1) is 20.2. The fraction of sp³-hybridized carbons (Fsp3) is 0.150. The molecular weight excluding hydrogens is 392 g/mol. The van der Waals surface area contributed by atoms with E-state index < -0.39 is 0 Å². The van der Waals surface area contributed by atoms with Crippen molar-refractivity contribution >= 4 is 34.8 Å². The van der Waals surface area contributed by atoms with Gasteiger partial charge in [0.2, 0.25) is 5.13 Å². The second-order valence-electron chi connectivity index (χ2n) is 5.84. The Hall–Kier alpha value is -3.59. The summed E-state index contributed by atoms with van der Waals surface area (Å²) in [5, 5.41) is 6.47. The number of nitrogens with two attached hydrogens (primary N) is 1. The lowest BCUT2D eigenvalue weighted by Gasteiger charge is -2.13. The van der Waals surface area contributed by atoms with Crippen molar-refractivity contribution in [3.63, 3.8) is 0 Å². The number of hydrogen-bond acceptors (Lipinski definition) is 9. The molecule has 0 aliphatic heterocycles. The first-order valence-corrected chi connectivity index (χ1v) is 9.44. The SMILES string of the molecule is COc1ccc(C=O)cc1COc1ccc(C=NNc2nc(N)cs2)cc1OC. The number of nitrogens with one attached hydrogen (secondary N) is 1. The number of carbonyl (C=O) groups excluding carboxylic acids is 1. The number of anilines is 2. The van der Waals surface area contributed by atoms with E-state index in [1.165, 1.54) is 11.3 Å². The molecule has 1 aromatic heterocycles. The van der Waals surface area contributed by atoms with Crippen molar-refractivity contribution in [2.45, 2.75) is 6.61 Å². The molecule has 9 heteroatoms. The highest BCUT2D eigenvalue weighted by Gasteiger charge is 2.09. The number of ether oxygens (including phenoxy) is 3. The standard InChI is InChI=1S/C20H20N4O4S/c1-26-16-5-4-14(10-25)7-15(16)11-28-17-6-3-13(8-18(17)27-2)9-22-24-20-23-19(21)12-29-20/h3-10,12H,11,21H2,1-2H3,(H,23,24). The van der Waals surface area contributed by atoms with Crippen LogP contribution in [0.15, 0.2) is 46.9 Å². The Morgan fingerprint density at radius 1 is 1.10 bits per heavy atom. The van der Waals surface area contributed by atoms with Crippen LogP contribution in [0.1, 0.15) is 21.5 Å². The zero-order valence-corrected chi connectivity index (χ0v) is 16.7. The number of hydrazone groups is 1. The lowest BCUT2D eigenvalue weighted by molar-refractivity contribution is 0.112. The highest BCUT2D eigenvalue weighted by atomic mass is 32.1. The number of thiazole rings is 1. The van der Waals surface area contributed by atoms with Gasteiger partial charge in [-0.1, -0.05) is 0 Å². The van der Waals surface area contributed by atoms with Crippen molar-refractivity contribution in [2.24, 2.45) is 5.10 Å². The van der Waals surface area contributed by atoms with Gasteiger partial charge in [0.15, 0.2) is 11.5 Å². The van der Waals surface area contributed by atoms with E-state index in [-0.39, 0.29) is 6.61 Å². The number of rotatable bonds is 9. The van der Waals surface area contributed by atoms with Gasteiger partial charge < -0.3 is 19.9 Å². The molecule has 0 fully saturated rings. The van der Waals surface area contributed by atoms with Crippen LogP contribution in [0.5, 0.6) is 17.2 Å². The van der Waals surface area contributed by atoms with E-state index in [0.29, 0.717) is 33.8 Å². The second kappa shape index (κ2) is 9.56. The van der Waals surface area contributed by atoms with Crippen LogP contribution in [0.3, 0.4) is 0 Å². The number of hydrogen-bond donors (Lipinski definition) is 2. The van der Waals surface area contributed by atoms with E-state index in [1.807, 2.05) is 6.07 Å². The van der Waals surface area contributed by atoms with E-state index in [4.69, 9.17) is 19.9 Å². The molecule has 0 atom stereocenters. The minimum atomic E-state index is 0.224. The van der Waals surface area contributed by atoms with Crippen molar-refractivity contribution in [1.29, 1.82) is 0 Å². The van der Waals surface area contributed by atoms with Crippen LogP contribution in [0.4, 0.5) is 10.9 Å². The van der Waals surface area contributed by atoms with Gasteiger partial charge in [0, 0.05) is 16.5 Å². The Labute approximate surface area is 171 Å². The third kappa shape index (κ3) is 5.23. The number of methoxy groups -OCH3 is 2. The molecule has 2 aromatic carbocycles. The summed E-state index contributed by atoms with van der Waals surface area (Å²) in [4.78, 5) is 15.1. The van der Waals surface area contributed by atoms with Gasteiger partial charge in [0.05, 0.1) is 20.4 Å². The summed E-state index contributed by atoms with van der Waals surface area (Å²) < 4.78 is 16.6. The zero-order chi connectivity index (χ0) is 20.6. The Morgan fingerprint density at radius 3 is 2.55 bits per heavy atom. The zero-order valence-electron chi connectivity index (χ0n) is 15.9. The number of benzene rings is 2. The van der Waals surface area contributed by atoms with Gasteiger partial charge in [-0.2, -0.15) is 5.10 Å². The predicted molar refractivity (Wildman–Crippen MR) is 113 cm³/mol. The summed E-state index contributed by atoms with van der Waals surface area (Å²) in [6, 6.07) is 10.6. The molecule has 0 saturated carbocycles.